The molecule has 1 heterocycles. The monoisotopic (exact) mass is 242 g/mol. The number of hydrogen-bond donors (Lipinski definition) is 1. The first-order valence-corrected chi connectivity index (χ1v) is 7.98. The summed E-state index contributed by atoms with van der Waals surface area (Å²) in [6, 6.07) is 1.49. The van der Waals surface area contributed by atoms with Crippen LogP contribution >= 0.6 is 11.8 Å². The highest BCUT2D eigenvalue weighted by atomic mass is 32.2. The van der Waals surface area contributed by atoms with Gasteiger partial charge in [0.1, 0.15) is 0 Å². The van der Waals surface area contributed by atoms with E-state index in [0.29, 0.717) is 0 Å². The van der Waals surface area contributed by atoms with Crippen LogP contribution < -0.4 is 5.32 Å². The van der Waals surface area contributed by atoms with E-state index in [2.05, 4.69) is 35.9 Å². The van der Waals surface area contributed by atoms with E-state index in [-0.39, 0.29) is 0 Å². The van der Waals surface area contributed by atoms with E-state index in [1.54, 1.807) is 0 Å². The van der Waals surface area contributed by atoms with Crippen molar-refractivity contribution in [3.8, 4) is 0 Å². The average molecular weight is 242 g/mol. The maximum atomic E-state index is 3.73. The maximum absolute atomic E-state index is 3.73. The largest absolute Gasteiger partial charge is 0.313 e. The average Bonchev–Trinajstić information content (AvgIpc) is 2.23. The van der Waals surface area contributed by atoms with E-state index in [1.165, 1.54) is 43.7 Å². The molecule has 2 unspecified atom stereocenters. The molecule has 94 valence electrons. The second-order valence-electron chi connectivity index (χ2n) is 5.32. The molecule has 2 rings (SSSR count). The Hall–Kier alpha value is 0.270. The van der Waals surface area contributed by atoms with Crippen molar-refractivity contribution in [2.45, 2.75) is 44.7 Å². The van der Waals surface area contributed by atoms with E-state index >= 15 is 0 Å². The second-order valence-corrected chi connectivity index (χ2v) is 6.47. The first-order chi connectivity index (χ1) is 7.81. The number of nitrogens with one attached hydrogen (secondary N) is 1. The van der Waals surface area contributed by atoms with Crippen LogP contribution in [0.3, 0.4) is 0 Å². The Morgan fingerprint density at radius 3 is 2.81 bits per heavy atom. The summed E-state index contributed by atoms with van der Waals surface area (Å²) in [6.07, 6.45) is 5.83. The van der Waals surface area contributed by atoms with Gasteiger partial charge in [0.15, 0.2) is 0 Å². The molecular formula is C13H26N2S. The van der Waals surface area contributed by atoms with Crippen LogP contribution in [0.25, 0.3) is 0 Å². The van der Waals surface area contributed by atoms with Crippen LogP contribution in [0.2, 0.25) is 0 Å². The predicted octanol–water partition coefficient (Wildman–Crippen LogP) is 2.20. The van der Waals surface area contributed by atoms with E-state index in [9.17, 15) is 0 Å². The van der Waals surface area contributed by atoms with Gasteiger partial charge in [-0.25, -0.2) is 0 Å². The molecule has 0 spiro atoms. The zero-order valence-corrected chi connectivity index (χ0v) is 11.6. The van der Waals surface area contributed by atoms with Crippen LogP contribution in [0.5, 0.6) is 0 Å². The van der Waals surface area contributed by atoms with Crippen molar-refractivity contribution < 1.29 is 0 Å². The number of hydrogen-bond acceptors (Lipinski definition) is 3. The summed E-state index contributed by atoms with van der Waals surface area (Å²) in [7, 11) is 2.30. The van der Waals surface area contributed by atoms with Gasteiger partial charge in [-0.1, -0.05) is 26.2 Å². The summed E-state index contributed by atoms with van der Waals surface area (Å²) < 4.78 is 0. The Kier molecular flexibility index (Phi) is 4.98. The lowest BCUT2D eigenvalue weighted by Crippen LogP contribution is -2.53. The van der Waals surface area contributed by atoms with E-state index in [1.807, 2.05) is 0 Å². The molecule has 1 aliphatic carbocycles. The number of thioether (sulfide) groups is 1. The van der Waals surface area contributed by atoms with Gasteiger partial charge in [0.2, 0.25) is 0 Å². The molecule has 2 fully saturated rings. The van der Waals surface area contributed by atoms with Gasteiger partial charge >= 0.3 is 0 Å². The summed E-state index contributed by atoms with van der Waals surface area (Å²) in [5.74, 6) is 3.65. The SMILES string of the molecule is CCNC(CC1CCC1)C1CSCCN1C. The third kappa shape index (κ3) is 3.14. The smallest absolute Gasteiger partial charge is 0.0337 e. The zero-order chi connectivity index (χ0) is 11.4. The van der Waals surface area contributed by atoms with Crippen molar-refractivity contribution in [1.82, 2.24) is 10.2 Å². The summed E-state index contributed by atoms with van der Waals surface area (Å²) in [4.78, 5) is 2.57. The number of rotatable bonds is 5. The Balaban J connectivity index is 1.87. The molecule has 1 N–H and O–H groups in total. The summed E-state index contributed by atoms with van der Waals surface area (Å²) in [6.45, 7) is 4.62. The van der Waals surface area contributed by atoms with E-state index in [4.69, 9.17) is 0 Å². The van der Waals surface area contributed by atoms with Crippen LogP contribution in [0, 0.1) is 5.92 Å². The third-order valence-corrected chi connectivity index (χ3v) is 5.23. The second kappa shape index (κ2) is 6.27. The molecule has 0 amide bonds. The first-order valence-electron chi connectivity index (χ1n) is 6.82. The molecule has 0 aromatic rings. The van der Waals surface area contributed by atoms with Gasteiger partial charge in [-0.15, -0.1) is 0 Å². The quantitative estimate of drug-likeness (QED) is 0.796. The molecule has 0 bridgehead atoms. The van der Waals surface area contributed by atoms with E-state index < -0.39 is 0 Å². The lowest BCUT2D eigenvalue weighted by atomic mass is 9.79. The van der Waals surface area contributed by atoms with Crippen molar-refractivity contribution in [1.29, 1.82) is 0 Å². The summed E-state index contributed by atoms with van der Waals surface area (Å²) in [5.41, 5.74) is 0. The summed E-state index contributed by atoms with van der Waals surface area (Å²) in [5, 5.41) is 3.73. The third-order valence-electron chi connectivity index (χ3n) is 4.19. The molecule has 1 saturated carbocycles. The van der Waals surface area contributed by atoms with Gasteiger partial charge in [-0.2, -0.15) is 11.8 Å². The first kappa shape index (κ1) is 12.7. The molecule has 0 radical (unpaired) electrons. The molecule has 2 atom stereocenters. The van der Waals surface area contributed by atoms with Gasteiger partial charge in [0.25, 0.3) is 0 Å². The molecule has 1 saturated heterocycles. The van der Waals surface area contributed by atoms with Crippen LogP contribution in [0.1, 0.15) is 32.6 Å². The van der Waals surface area contributed by atoms with Crippen LogP contribution in [0.15, 0.2) is 0 Å². The van der Waals surface area contributed by atoms with Crippen molar-refractivity contribution in [3.05, 3.63) is 0 Å². The Morgan fingerprint density at radius 1 is 1.44 bits per heavy atom. The molecule has 2 nitrogen and oxygen atoms in total. The highest BCUT2D eigenvalue weighted by Crippen LogP contribution is 2.32. The number of nitrogens with zero attached hydrogens (tertiary/aromatic N) is 1. The molecule has 3 heteroatoms. The fraction of sp³-hybridized carbons (Fsp3) is 1.00. The lowest BCUT2D eigenvalue weighted by molar-refractivity contribution is 0.171. The highest BCUT2D eigenvalue weighted by Gasteiger charge is 2.30. The van der Waals surface area contributed by atoms with Gasteiger partial charge in [-0.05, 0) is 25.9 Å². The predicted molar refractivity (Wildman–Crippen MR) is 73.2 cm³/mol. The minimum absolute atomic E-state index is 0.730. The molecule has 0 aromatic heterocycles. The van der Waals surface area contributed by atoms with Crippen molar-refractivity contribution in [2.24, 2.45) is 5.92 Å². The minimum atomic E-state index is 0.730. The molecule has 0 aromatic carbocycles. The van der Waals surface area contributed by atoms with Crippen LogP contribution in [0.4, 0.5) is 0 Å². The molecule has 1 aliphatic heterocycles. The van der Waals surface area contributed by atoms with Gasteiger partial charge in [0.05, 0.1) is 0 Å². The molecular weight excluding hydrogens is 216 g/mol. The molecule has 16 heavy (non-hydrogen) atoms. The fourth-order valence-electron chi connectivity index (χ4n) is 2.86. The van der Waals surface area contributed by atoms with Gasteiger partial charge in [-0.3, -0.25) is 0 Å². The fourth-order valence-corrected chi connectivity index (χ4v) is 4.17. The number of likely N-dealkylation sites (N-methyl/N-ethyl adjacent to an activating group) is 2. The van der Waals surface area contributed by atoms with Gasteiger partial charge < -0.3 is 10.2 Å². The summed E-state index contributed by atoms with van der Waals surface area (Å²) >= 11 is 2.13. The normalized spacial score (nSPS) is 30.0. The Morgan fingerprint density at radius 2 is 2.25 bits per heavy atom. The topological polar surface area (TPSA) is 15.3 Å². The standard InChI is InChI=1S/C13H26N2S/c1-3-14-12(9-11-5-4-6-11)13-10-16-8-7-15(13)2/h11-14H,3-10H2,1-2H3. The van der Waals surface area contributed by atoms with Crippen molar-refractivity contribution >= 4 is 11.8 Å². The van der Waals surface area contributed by atoms with Crippen LogP contribution in [-0.2, 0) is 0 Å². The molecule has 2 aliphatic rings. The zero-order valence-electron chi connectivity index (χ0n) is 10.7. The Bertz CT molecular complexity index is 206. The van der Waals surface area contributed by atoms with Gasteiger partial charge in [0, 0.05) is 30.1 Å². The maximum Gasteiger partial charge on any atom is 0.0337 e. The van der Waals surface area contributed by atoms with Crippen molar-refractivity contribution in [3.63, 3.8) is 0 Å². The lowest BCUT2D eigenvalue weighted by Gasteiger charge is -2.40. The van der Waals surface area contributed by atoms with Crippen LogP contribution in [-0.4, -0.2) is 48.6 Å². The van der Waals surface area contributed by atoms with Crippen molar-refractivity contribution in [2.75, 3.05) is 31.6 Å². The highest BCUT2D eigenvalue weighted by molar-refractivity contribution is 7.99. The van der Waals surface area contributed by atoms with E-state index in [0.717, 1.165) is 24.5 Å². The Labute approximate surface area is 105 Å². The minimum Gasteiger partial charge on any atom is -0.313 e.